The van der Waals surface area contributed by atoms with Crippen LogP contribution in [0.1, 0.15) is 21.5 Å². The van der Waals surface area contributed by atoms with Crippen LogP contribution in [0.3, 0.4) is 0 Å². The molecule has 0 saturated carbocycles. The lowest BCUT2D eigenvalue weighted by molar-refractivity contribution is 0.102. The number of benzene rings is 3. The van der Waals surface area contributed by atoms with Gasteiger partial charge >= 0.3 is 0 Å². The van der Waals surface area contributed by atoms with Crippen LogP contribution in [0.2, 0.25) is 0 Å². The van der Waals surface area contributed by atoms with Gasteiger partial charge in [0.1, 0.15) is 11.6 Å². The first kappa shape index (κ1) is 24.1. The van der Waals surface area contributed by atoms with Gasteiger partial charge in [0.25, 0.3) is 5.91 Å². The Bertz CT molecular complexity index is 1820. The highest BCUT2D eigenvalue weighted by atomic mass is 16.5. The van der Waals surface area contributed by atoms with Gasteiger partial charge in [0.2, 0.25) is 0 Å². The van der Waals surface area contributed by atoms with Crippen molar-refractivity contribution in [3.63, 3.8) is 0 Å². The lowest BCUT2D eigenvalue weighted by Crippen LogP contribution is -2.12. The molecule has 0 aliphatic heterocycles. The van der Waals surface area contributed by atoms with Gasteiger partial charge in [0.05, 0.1) is 12.8 Å². The number of nitrogens with zero attached hydrogens (tertiary/aromatic N) is 5. The molecule has 1 N–H and O–H groups in total. The summed E-state index contributed by atoms with van der Waals surface area (Å²) in [6, 6.07) is 21.3. The van der Waals surface area contributed by atoms with Crippen LogP contribution in [0, 0.1) is 13.8 Å². The number of fused-ring (bicyclic) bond motifs is 1. The fourth-order valence-corrected chi connectivity index (χ4v) is 4.53. The molecule has 1 amide bonds. The van der Waals surface area contributed by atoms with E-state index >= 15 is 0 Å². The van der Waals surface area contributed by atoms with Crippen molar-refractivity contribution in [2.45, 2.75) is 13.8 Å². The number of amides is 1. The minimum absolute atomic E-state index is 0.217. The summed E-state index contributed by atoms with van der Waals surface area (Å²) in [6.45, 7) is 4.00. The lowest BCUT2D eigenvalue weighted by atomic mass is 10.1. The minimum atomic E-state index is -0.217. The third kappa shape index (κ3) is 4.64. The molecule has 39 heavy (non-hydrogen) atoms. The number of imidazole rings is 2. The zero-order chi connectivity index (χ0) is 26.9. The Labute approximate surface area is 225 Å². The van der Waals surface area contributed by atoms with Crippen LogP contribution in [0.5, 0.6) is 5.75 Å². The van der Waals surface area contributed by atoms with Crippen LogP contribution in [0.25, 0.3) is 34.1 Å². The first-order valence-electron chi connectivity index (χ1n) is 12.5. The molecule has 192 valence electrons. The molecule has 3 aromatic heterocycles. The Hall–Kier alpha value is -5.24. The zero-order valence-electron chi connectivity index (χ0n) is 21.8. The van der Waals surface area contributed by atoms with Crippen molar-refractivity contribution in [2.75, 3.05) is 12.4 Å². The molecule has 8 heteroatoms. The fourth-order valence-electron chi connectivity index (χ4n) is 4.53. The normalized spacial score (nSPS) is 11.1. The van der Waals surface area contributed by atoms with E-state index in [1.54, 1.807) is 31.6 Å². The van der Waals surface area contributed by atoms with Crippen molar-refractivity contribution in [1.82, 2.24) is 23.9 Å². The van der Waals surface area contributed by atoms with E-state index < -0.39 is 0 Å². The summed E-state index contributed by atoms with van der Waals surface area (Å²) in [7, 11) is 1.60. The zero-order valence-corrected chi connectivity index (χ0v) is 21.8. The van der Waals surface area contributed by atoms with Crippen LogP contribution in [-0.2, 0) is 0 Å². The topological polar surface area (TPSA) is 86.3 Å². The van der Waals surface area contributed by atoms with E-state index in [2.05, 4.69) is 46.5 Å². The first-order valence-corrected chi connectivity index (χ1v) is 12.5. The van der Waals surface area contributed by atoms with Crippen molar-refractivity contribution < 1.29 is 9.53 Å². The molecule has 0 fully saturated rings. The van der Waals surface area contributed by atoms with Crippen LogP contribution in [0.4, 0.5) is 5.69 Å². The van der Waals surface area contributed by atoms with Gasteiger partial charge in [-0.3, -0.25) is 9.36 Å². The summed E-state index contributed by atoms with van der Waals surface area (Å²) < 4.78 is 9.27. The van der Waals surface area contributed by atoms with Crippen molar-refractivity contribution >= 4 is 17.2 Å². The third-order valence-corrected chi connectivity index (χ3v) is 6.62. The predicted octanol–water partition coefficient (Wildman–Crippen LogP) is 6.13. The van der Waals surface area contributed by atoms with Gasteiger partial charge in [-0.1, -0.05) is 48.0 Å². The lowest BCUT2D eigenvalue weighted by Gasteiger charge is -2.12. The molecule has 0 aliphatic carbocycles. The smallest absolute Gasteiger partial charge is 0.255 e. The molecule has 0 aliphatic rings. The molecule has 0 bridgehead atoms. The van der Waals surface area contributed by atoms with E-state index in [1.165, 1.54) is 5.56 Å². The van der Waals surface area contributed by atoms with Crippen LogP contribution in [0.15, 0.2) is 97.7 Å². The largest absolute Gasteiger partial charge is 0.496 e. The molecule has 6 aromatic rings. The molecule has 0 atom stereocenters. The number of nitrogens with one attached hydrogen (secondary N) is 1. The highest BCUT2D eigenvalue weighted by molar-refractivity contribution is 6.04. The average Bonchev–Trinajstić information content (AvgIpc) is 3.63. The molecule has 6 rings (SSSR count). The van der Waals surface area contributed by atoms with Crippen molar-refractivity contribution in [3.05, 3.63) is 114 Å². The highest BCUT2D eigenvalue weighted by Gasteiger charge is 2.16. The molecule has 0 saturated heterocycles. The maximum Gasteiger partial charge on any atom is 0.255 e. The Balaban J connectivity index is 1.37. The second-order valence-corrected chi connectivity index (χ2v) is 9.31. The number of ether oxygens (including phenoxy) is 1. The molecule has 8 nitrogen and oxygen atoms in total. The second kappa shape index (κ2) is 9.90. The van der Waals surface area contributed by atoms with Crippen molar-refractivity contribution in [2.24, 2.45) is 0 Å². The van der Waals surface area contributed by atoms with Gasteiger partial charge in [0, 0.05) is 53.4 Å². The van der Waals surface area contributed by atoms with E-state index in [9.17, 15) is 4.79 Å². The number of methoxy groups -OCH3 is 1. The van der Waals surface area contributed by atoms with E-state index in [1.807, 2.05) is 64.8 Å². The van der Waals surface area contributed by atoms with Gasteiger partial charge < -0.3 is 14.5 Å². The van der Waals surface area contributed by atoms with E-state index in [4.69, 9.17) is 9.72 Å². The maximum absolute atomic E-state index is 13.0. The summed E-state index contributed by atoms with van der Waals surface area (Å²) in [6.07, 6.45) is 9.23. The summed E-state index contributed by atoms with van der Waals surface area (Å²) in [5.41, 5.74) is 6.61. The number of rotatable bonds is 6. The molecular formula is C31H26N6O2. The van der Waals surface area contributed by atoms with E-state index in [0.717, 1.165) is 28.2 Å². The Morgan fingerprint density at radius 1 is 0.897 bits per heavy atom. The Kier molecular flexibility index (Phi) is 6.13. The first-order chi connectivity index (χ1) is 19.0. The van der Waals surface area contributed by atoms with Crippen LogP contribution < -0.4 is 10.1 Å². The van der Waals surface area contributed by atoms with Crippen molar-refractivity contribution in [3.8, 4) is 34.2 Å². The monoisotopic (exact) mass is 514 g/mol. The van der Waals surface area contributed by atoms with Gasteiger partial charge in [-0.15, -0.1) is 0 Å². The van der Waals surface area contributed by atoms with E-state index in [0.29, 0.717) is 28.5 Å². The molecule has 3 heterocycles. The fraction of sp³-hybridized carbons (Fsp3) is 0.0968. The number of anilines is 1. The minimum Gasteiger partial charge on any atom is -0.496 e. The second-order valence-electron chi connectivity index (χ2n) is 9.31. The van der Waals surface area contributed by atoms with Crippen LogP contribution in [-0.4, -0.2) is 36.9 Å². The van der Waals surface area contributed by atoms with Gasteiger partial charge in [-0.25, -0.2) is 15.0 Å². The summed E-state index contributed by atoms with van der Waals surface area (Å²) in [4.78, 5) is 27.2. The molecule has 3 aromatic carbocycles. The van der Waals surface area contributed by atoms with Gasteiger partial charge in [0.15, 0.2) is 11.5 Å². The number of aryl methyl sites for hydroxylation is 2. The van der Waals surface area contributed by atoms with Gasteiger partial charge in [-0.2, -0.15) is 0 Å². The molecule has 0 radical (unpaired) electrons. The number of carbonyl (C=O) groups excluding carboxylic acids is 1. The average molecular weight is 515 g/mol. The number of aromatic nitrogens is 5. The molecular weight excluding hydrogens is 488 g/mol. The number of hydrogen-bond donors (Lipinski definition) is 1. The van der Waals surface area contributed by atoms with Gasteiger partial charge in [-0.05, 0) is 43.7 Å². The molecule has 0 spiro atoms. The van der Waals surface area contributed by atoms with E-state index in [-0.39, 0.29) is 5.91 Å². The summed E-state index contributed by atoms with van der Waals surface area (Å²) in [5.74, 6) is 1.89. The Morgan fingerprint density at radius 3 is 2.54 bits per heavy atom. The highest BCUT2D eigenvalue weighted by Crippen LogP contribution is 2.28. The maximum atomic E-state index is 13.0. The number of hydrogen-bond acceptors (Lipinski definition) is 5. The Morgan fingerprint density at radius 2 is 1.72 bits per heavy atom. The van der Waals surface area contributed by atoms with Crippen LogP contribution >= 0.6 is 0 Å². The molecule has 0 unspecified atom stereocenters. The summed E-state index contributed by atoms with van der Waals surface area (Å²) >= 11 is 0. The summed E-state index contributed by atoms with van der Waals surface area (Å²) in [5, 5.41) is 2.99. The number of carbonyl (C=O) groups is 1. The third-order valence-electron chi connectivity index (χ3n) is 6.62. The SMILES string of the molecule is COc1cc(C(=O)Nc2cccc(-c3cn4ccnc4c(-n4ccnc4-c4ccc(C)cc4)n3)c2)ccc1C. The quantitative estimate of drug-likeness (QED) is 0.289. The standard InChI is InChI=1S/C31H26N6O2/c1-20-7-10-22(11-8-20)28-32-14-16-37(28)30-29-33-13-15-36(29)19-26(35-30)23-5-4-6-25(17-23)34-31(38)24-12-9-21(2)27(18-24)39-3/h4-19H,1-3H3,(H,34,38). The predicted molar refractivity (Wildman–Crippen MR) is 151 cm³/mol. The van der Waals surface area contributed by atoms with Crippen molar-refractivity contribution in [1.29, 1.82) is 0 Å².